The van der Waals surface area contributed by atoms with Gasteiger partial charge < -0.3 is 14.6 Å². The van der Waals surface area contributed by atoms with Crippen molar-refractivity contribution in [3.63, 3.8) is 0 Å². The Balaban J connectivity index is 0. The van der Waals surface area contributed by atoms with E-state index in [0.717, 1.165) is 12.1 Å². The predicted molar refractivity (Wildman–Crippen MR) is 111 cm³/mol. The molecule has 9 nitrogen and oxygen atoms in total. The number of rotatable bonds is 6. The third kappa shape index (κ3) is 9.68. The molecule has 0 aliphatic heterocycles. The van der Waals surface area contributed by atoms with E-state index < -0.39 is 36.3 Å². The van der Waals surface area contributed by atoms with E-state index in [1.165, 1.54) is 36.4 Å². The zero-order valence-corrected chi connectivity index (χ0v) is 23.5. The van der Waals surface area contributed by atoms with Gasteiger partial charge in [-0.05, 0) is 54.3 Å². The van der Waals surface area contributed by atoms with Crippen LogP contribution in [0, 0.1) is 5.92 Å². The smallest absolute Gasteiger partial charge is 0.747 e. The van der Waals surface area contributed by atoms with Gasteiger partial charge in [-0.15, -0.1) is 0 Å². The maximum atomic E-state index is 11.6. The average Bonchev–Trinajstić information content (AvgIpc) is 2.60. The number of allylic oxidation sites excluding steroid dienone is 3. The minimum Gasteiger partial charge on any atom is -0.747 e. The third-order valence-corrected chi connectivity index (χ3v) is 5.84. The van der Waals surface area contributed by atoms with Crippen LogP contribution in [0.3, 0.4) is 0 Å². The molecule has 0 fully saturated rings. The molecule has 0 heterocycles. The van der Waals surface area contributed by atoms with Gasteiger partial charge in [0.05, 0.1) is 31.9 Å². The van der Waals surface area contributed by atoms with Crippen LogP contribution >= 0.6 is 24.4 Å². The van der Waals surface area contributed by atoms with Crippen LogP contribution in [0.2, 0.25) is 0 Å². The summed E-state index contributed by atoms with van der Waals surface area (Å²) in [6.45, 7) is 0. The summed E-state index contributed by atoms with van der Waals surface area (Å²) in [5.74, 6) is -0.910. The van der Waals surface area contributed by atoms with E-state index in [-0.39, 0.29) is 81.5 Å². The summed E-state index contributed by atoms with van der Waals surface area (Å²) in [6, 6.07) is 3.72. The minimum atomic E-state index is -4.85. The summed E-state index contributed by atoms with van der Waals surface area (Å²) in [5.41, 5.74) is 0.277. The van der Waals surface area contributed by atoms with Crippen LogP contribution in [-0.2, 0) is 20.2 Å². The molecule has 0 radical (unpaired) electrons. The van der Waals surface area contributed by atoms with E-state index in [4.69, 9.17) is 0 Å². The number of benzene rings is 1. The second kappa shape index (κ2) is 14.2. The molecule has 0 saturated carbocycles. The van der Waals surface area contributed by atoms with Crippen LogP contribution in [-0.4, -0.2) is 47.0 Å². The van der Waals surface area contributed by atoms with E-state index in [1.54, 1.807) is 0 Å². The van der Waals surface area contributed by atoms with Crippen LogP contribution in [0.15, 0.2) is 63.1 Å². The molecule has 15 heteroatoms. The van der Waals surface area contributed by atoms with Gasteiger partial charge in [0, 0.05) is 5.92 Å². The quantitative estimate of drug-likeness (QED) is 0.157. The van der Waals surface area contributed by atoms with Crippen molar-refractivity contribution in [3.05, 3.63) is 53.8 Å². The molecule has 1 aromatic carbocycles. The molecule has 1 aromatic rings. The Morgan fingerprint density at radius 1 is 1.03 bits per heavy atom. The van der Waals surface area contributed by atoms with Gasteiger partial charge in [0.1, 0.15) is 20.2 Å². The standard InChI is InChI=1S/C16H12N2O6S4.2Na.H2O/c19-27(20,21)15-7-13(17-9-25)5-3-11(15)1-2-12-4-6-14(18-10-26)8-16(12)28(22,23)24;;;/h1-8,11,15H,(H,19,20,21)(H,22,23,24);;;1H2/q;2*+1;/p-2. The Labute approximate surface area is 234 Å². The zero-order chi connectivity index (χ0) is 20.9. The topological polar surface area (TPSA) is 171 Å². The van der Waals surface area contributed by atoms with Crippen molar-refractivity contribution in [2.75, 3.05) is 0 Å². The number of nitrogens with zero attached hydrogens (tertiary/aromatic N) is 2. The molecule has 0 aromatic heterocycles. The molecular formula is C16H12N2Na2O7S4. The number of thiocarbonyl (C=S) groups is 2. The van der Waals surface area contributed by atoms with E-state index in [0.29, 0.717) is 0 Å². The van der Waals surface area contributed by atoms with Crippen LogP contribution < -0.4 is 59.1 Å². The van der Waals surface area contributed by atoms with Crippen molar-refractivity contribution in [2.45, 2.75) is 10.1 Å². The van der Waals surface area contributed by atoms with Gasteiger partial charge in [0.15, 0.2) is 0 Å². The van der Waals surface area contributed by atoms with Crippen molar-refractivity contribution >= 4 is 66.8 Å². The Kier molecular flexibility index (Phi) is 15.1. The molecule has 2 rings (SSSR count). The molecule has 2 atom stereocenters. The minimum absolute atomic E-state index is 0. The summed E-state index contributed by atoms with van der Waals surface area (Å²) in [4.78, 5) is 6.68. The first-order chi connectivity index (χ1) is 13.1. The van der Waals surface area contributed by atoms with Crippen molar-refractivity contribution in [2.24, 2.45) is 15.9 Å². The maximum absolute atomic E-state index is 11.6. The SMILES string of the molecule is O.O=S(=O)([O-])c1cc(N=C=S)ccc1C=CC1C=CC(N=C=S)=CC1S(=O)(=O)[O-].[Na+].[Na+]. The first kappa shape index (κ1) is 33.0. The van der Waals surface area contributed by atoms with Gasteiger partial charge in [-0.1, -0.05) is 24.3 Å². The van der Waals surface area contributed by atoms with E-state index in [9.17, 15) is 25.9 Å². The molecule has 0 bridgehead atoms. The third-order valence-electron chi connectivity index (χ3n) is 3.65. The Morgan fingerprint density at radius 2 is 1.65 bits per heavy atom. The van der Waals surface area contributed by atoms with Crippen LogP contribution in [0.1, 0.15) is 5.56 Å². The first-order valence-corrected chi connectivity index (χ1v) is 11.0. The Morgan fingerprint density at radius 3 is 2.16 bits per heavy atom. The summed E-state index contributed by atoms with van der Waals surface area (Å²) >= 11 is 8.89. The average molecular weight is 519 g/mol. The predicted octanol–water partition coefficient (Wildman–Crippen LogP) is -4.39. The van der Waals surface area contributed by atoms with Crippen molar-refractivity contribution in [1.82, 2.24) is 0 Å². The second-order valence-corrected chi connectivity index (χ2v) is 8.67. The van der Waals surface area contributed by atoms with Crippen LogP contribution in [0.5, 0.6) is 0 Å². The molecule has 0 spiro atoms. The van der Waals surface area contributed by atoms with Crippen LogP contribution in [0.4, 0.5) is 5.69 Å². The van der Waals surface area contributed by atoms with Gasteiger partial charge in [0.25, 0.3) is 0 Å². The zero-order valence-electron chi connectivity index (χ0n) is 16.3. The number of hydrogen-bond donors (Lipinski definition) is 0. The molecular weight excluding hydrogens is 506 g/mol. The van der Waals surface area contributed by atoms with E-state index in [2.05, 4.69) is 44.7 Å². The number of aliphatic imine (C=N–C) groups is 2. The van der Waals surface area contributed by atoms with Crippen molar-refractivity contribution in [1.29, 1.82) is 0 Å². The van der Waals surface area contributed by atoms with Crippen LogP contribution in [0.25, 0.3) is 6.08 Å². The molecule has 0 amide bonds. The first-order valence-electron chi connectivity index (χ1n) is 7.35. The summed E-state index contributed by atoms with van der Waals surface area (Å²) in [6.07, 6.45) is 6.51. The fraction of sp³-hybridized carbons (Fsp3) is 0.125. The Bertz CT molecular complexity index is 1200. The normalized spacial score (nSPS) is 17.7. The van der Waals surface area contributed by atoms with Gasteiger partial charge >= 0.3 is 59.1 Å². The summed E-state index contributed by atoms with van der Waals surface area (Å²) in [5, 5.41) is 2.65. The molecule has 0 saturated heterocycles. The molecule has 2 N–H and O–H groups in total. The monoisotopic (exact) mass is 518 g/mol. The fourth-order valence-electron chi connectivity index (χ4n) is 2.45. The molecule has 1 aliphatic rings. The molecule has 2 unspecified atom stereocenters. The Hall–Kier alpha value is -0.180. The van der Waals surface area contributed by atoms with Crippen molar-refractivity contribution in [3.8, 4) is 0 Å². The summed E-state index contributed by atoms with van der Waals surface area (Å²) in [7, 11) is -9.60. The largest absolute Gasteiger partial charge is 1.00 e. The van der Waals surface area contributed by atoms with Gasteiger partial charge in [0.2, 0.25) is 0 Å². The van der Waals surface area contributed by atoms with Crippen molar-refractivity contribution < 1.29 is 90.5 Å². The molecule has 154 valence electrons. The molecule has 31 heavy (non-hydrogen) atoms. The van der Waals surface area contributed by atoms with Gasteiger partial charge in [-0.2, -0.15) is 9.98 Å². The second-order valence-electron chi connectivity index (χ2n) is 5.43. The van der Waals surface area contributed by atoms with Gasteiger partial charge in [-0.3, -0.25) is 0 Å². The number of isothiocyanates is 2. The number of hydrogen-bond acceptors (Lipinski definition) is 10. The molecule has 1 aliphatic carbocycles. The summed E-state index contributed by atoms with van der Waals surface area (Å²) < 4.78 is 69.3. The van der Waals surface area contributed by atoms with Gasteiger partial charge in [-0.25, -0.2) is 16.8 Å². The maximum Gasteiger partial charge on any atom is 1.00 e. The van der Waals surface area contributed by atoms with E-state index in [1.807, 2.05) is 0 Å². The van der Waals surface area contributed by atoms with E-state index >= 15 is 0 Å². The fourth-order valence-corrected chi connectivity index (χ4v) is 4.22.